The summed E-state index contributed by atoms with van der Waals surface area (Å²) in [7, 11) is -3.87. The molecular weight excluding hydrogens is 294 g/mol. The smallest absolute Gasteiger partial charge is 0.335 e. The zero-order valence-corrected chi connectivity index (χ0v) is 13.1. The van der Waals surface area contributed by atoms with Crippen LogP contribution in [0, 0.1) is 6.92 Å². The highest BCUT2D eigenvalue weighted by molar-refractivity contribution is 7.92. The van der Waals surface area contributed by atoms with Crippen LogP contribution in [0.25, 0.3) is 0 Å². The Hall–Kier alpha value is -1.89. The minimum Gasteiger partial charge on any atom is -0.478 e. The minimum absolute atomic E-state index is 0.0774. The number of carboxylic acid groups (broad SMARTS) is 1. The van der Waals surface area contributed by atoms with E-state index < -0.39 is 27.5 Å². The van der Waals surface area contributed by atoms with Crippen LogP contribution in [-0.2, 0) is 14.6 Å². The summed E-state index contributed by atoms with van der Waals surface area (Å²) in [6.45, 7) is 5.82. The number of rotatable bonds is 6. The van der Waals surface area contributed by atoms with E-state index in [-0.39, 0.29) is 16.0 Å². The van der Waals surface area contributed by atoms with Gasteiger partial charge in [0, 0.05) is 13.1 Å². The van der Waals surface area contributed by atoms with Crippen molar-refractivity contribution in [1.82, 2.24) is 4.90 Å². The Bertz CT molecular complexity index is 647. The van der Waals surface area contributed by atoms with E-state index in [1.165, 1.54) is 30.0 Å². The normalized spacial score (nSPS) is 11.2. The second kappa shape index (κ2) is 6.71. The van der Waals surface area contributed by atoms with Crippen LogP contribution >= 0.6 is 0 Å². The van der Waals surface area contributed by atoms with Crippen molar-refractivity contribution >= 4 is 21.7 Å². The van der Waals surface area contributed by atoms with Crippen LogP contribution in [0.1, 0.15) is 29.8 Å². The molecule has 21 heavy (non-hydrogen) atoms. The zero-order valence-electron chi connectivity index (χ0n) is 12.3. The minimum atomic E-state index is -3.87. The lowest BCUT2D eigenvalue weighted by Crippen LogP contribution is -2.35. The lowest BCUT2D eigenvalue weighted by Gasteiger charge is -2.19. The summed E-state index contributed by atoms with van der Waals surface area (Å²) in [4.78, 5) is 24.3. The lowest BCUT2D eigenvalue weighted by atomic mass is 10.1. The van der Waals surface area contributed by atoms with E-state index in [0.29, 0.717) is 13.1 Å². The average molecular weight is 313 g/mol. The van der Waals surface area contributed by atoms with Crippen molar-refractivity contribution in [3.05, 3.63) is 29.3 Å². The van der Waals surface area contributed by atoms with Gasteiger partial charge in [0.2, 0.25) is 5.91 Å². The second-order valence-electron chi connectivity index (χ2n) is 4.56. The van der Waals surface area contributed by atoms with Crippen LogP contribution in [0.5, 0.6) is 0 Å². The van der Waals surface area contributed by atoms with Crippen molar-refractivity contribution in [3.8, 4) is 0 Å². The molecule has 1 aromatic rings. The van der Waals surface area contributed by atoms with Crippen molar-refractivity contribution in [1.29, 1.82) is 0 Å². The van der Waals surface area contributed by atoms with Gasteiger partial charge in [-0.05, 0) is 38.5 Å². The standard InChI is InChI=1S/C14H19NO5S/c1-4-15(5-2)13(16)9-21(19,20)12-8-6-7-11(10(12)3)14(17)18/h6-8H,4-5,9H2,1-3H3,(H,17,18). The van der Waals surface area contributed by atoms with Crippen LogP contribution in [0.15, 0.2) is 23.1 Å². The van der Waals surface area contributed by atoms with Crippen LogP contribution < -0.4 is 0 Å². The molecule has 0 heterocycles. The van der Waals surface area contributed by atoms with Gasteiger partial charge in [-0.3, -0.25) is 4.79 Å². The fourth-order valence-corrected chi connectivity index (χ4v) is 3.62. The molecule has 0 fully saturated rings. The van der Waals surface area contributed by atoms with Crippen LogP contribution in [-0.4, -0.2) is 49.1 Å². The van der Waals surface area contributed by atoms with Gasteiger partial charge in [0.1, 0.15) is 5.75 Å². The molecule has 0 bridgehead atoms. The molecule has 0 atom stereocenters. The maximum absolute atomic E-state index is 12.3. The summed E-state index contributed by atoms with van der Waals surface area (Å²) < 4.78 is 24.7. The van der Waals surface area contributed by atoms with E-state index >= 15 is 0 Å². The molecule has 0 radical (unpaired) electrons. The molecule has 7 heteroatoms. The highest BCUT2D eigenvalue weighted by Crippen LogP contribution is 2.20. The first-order valence-electron chi connectivity index (χ1n) is 6.58. The summed E-state index contributed by atoms with van der Waals surface area (Å²) >= 11 is 0. The van der Waals surface area contributed by atoms with Crippen LogP contribution in [0.3, 0.4) is 0 Å². The SMILES string of the molecule is CCN(CC)C(=O)CS(=O)(=O)c1cccc(C(=O)O)c1C. The number of aromatic carboxylic acids is 1. The third kappa shape index (κ3) is 3.81. The van der Waals surface area contributed by atoms with Crippen LogP contribution in [0.2, 0.25) is 0 Å². The van der Waals surface area contributed by atoms with Gasteiger partial charge in [0.25, 0.3) is 0 Å². The molecule has 0 saturated carbocycles. The number of sulfone groups is 1. The number of benzene rings is 1. The Balaban J connectivity index is 3.18. The zero-order chi connectivity index (χ0) is 16.2. The van der Waals surface area contributed by atoms with Crippen molar-refractivity contribution in [3.63, 3.8) is 0 Å². The largest absolute Gasteiger partial charge is 0.478 e. The van der Waals surface area contributed by atoms with Gasteiger partial charge in [-0.2, -0.15) is 0 Å². The molecule has 1 amide bonds. The Morgan fingerprint density at radius 1 is 1.19 bits per heavy atom. The van der Waals surface area contributed by atoms with E-state index in [1.54, 1.807) is 13.8 Å². The molecule has 0 aliphatic carbocycles. The fraction of sp³-hybridized carbons (Fsp3) is 0.429. The quantitative estimate of drug-likeness (QED) is 0.855. The van der Waals surface area contributed by atoms with Crippen molar-refractivity contribution < 1.29 is 23.1 Å². The molecule has 6 nitrogen and oxygen atoms in total. The predicted octanol–water partition coefficient (Wildman–Crippen LogP) is 1.34. The van der Waals surface area contributed by atoms with E-state index in [4.69, 9.17) is 5.11 Å². The number of carbonyl (C=O) groups excluding carboxylic acids is 1. The second-order valence-corrected chi connectivity index (χ2v) is 6.52. The number of amides is 1. The third-order valence-corrected chi connectivity index (χ3v) is 5.02. The van der Waals surface area contributed by atoms with Crippen molar-refractivity contribution in [2.24, 2.45) is 0 Å². The summed E-state index contributed by atoms with van der Waals surface area (Å²) in [5.41, 5.74) is 0.0729. The highest BCUT2D eigenvalue weighted by atomic mass is 32.2. The molecule has 0 saturated heterocycles. The molecule has 116 valence electrons. The lowest BCUT2D eigenvalue weighted by molar-refractivity contribution is -0.128. The number of carboxylic acids is 1. The van der Waals surface area contributed by atoms with Gasteiger partial charge in [-0.15, -0.1) is 0 Å². The first-order valence-corrected chi connectivity index (χ1v) is 8.23. The maximum Gasteiger partial charge on any atom is 0.335 e. The Kier molecular flexibility index (Phi) is 5.48. The van der Waals surface area contributed by atoms with Crippen LogP contribution in [0.4, 0.5) is 0 Å². The molecule has 1 rings (SSSR count). The Morgan fingerprint density at radius 2 is 1.76 bits per heavy atom. The van der Waals surface area contributed by atoms with Gasteiger partial charge in [-0.25, -0.2) is 13.2 Å². The monoisotopic (exact) mass is 313 g/mol. The van der Waals surface area contributed by atoms with E-state index in [1.807, 2.05) is 0 Å². The molecule has 0 unspecified atom stereocenters. The molecular formula is C14H19NO5S. The number of carbonyl (C=O) groups is 2. The van der Waals surface area contributed by atoms with Crippen molar-refractivity contribution in [2.75, 3.05) is 18.8 Å². The van der Waals surface area contributed by atoms with E-state index in [0.717, 1.165) is 0 Å². The first kappa shape index (κ1) is 17.2. The van der Waals surface area contributed by atoms with Gasteiger partial charge >= 0.3 is 5.97 Å². The van der Waals surface area contributed by atoms with E-state index in [9.17, 15) is 18.0 Å². The number of hydrogen-bond acceptors (Lipinski definition) is 4. The summed E-state index contributed by atoms with van der Waals surface area (Å²) in [5.74, 6) is -2.33. The van der Waals surface area contributed by atoms with Gasteiger partial charge in [0.05, 0.1) is 10.5 Å². The first-order chi connectivity index (χ1) is 9.74. The van der Waals surface area contributed by atoms with Gasteiger partial charge in [0.15, 0.2) is 9.84 Å². The average Bonchev–Trinajstić information content (AvgIpc) is 2.39. The number of nitrogens with zero attached hydrogens (tertiary/aromatic N) is 1. The summed E-state index contributed by atoms with van der Waals surface area (Å²) in [5, 5.41) is 9.03. The molecule has 0 aliphatic rings. The molecule has 0 spiro atoms. The maximum atomic E-state index is 12.3. The number of hydrogen-bond donors (Lipinski definition) is 1. The topological polar surface area (TPSA) is 91.8 Å². The fourth-order valence-electron chi connectivity index (χ4n) is 2.09. The van der Waals surface area contributed by atoms with E-state index in [2.05, 4.69) is 0 Å². The third-order valence-electron chi connectivity index (χ3n) is 3.28. The molecule has 0 aliphatic heterocycles. The molecule has 1 aromatic carbocycles. The molecule has 1 N–H and O–H groups in total. The molecule has 0 aromatic heterocycles. The Labute approximate surface area is 124 Å². The van der Waals surface area contributed by atoms with Gasteiger partial charge in [-0.1, -0.05) is 6.07 Å². The van der Waals surface area contributed by atoms with Gasteiger partial charge < -0.3 is 10.0 Å². The summed E-state index contributed by atoms with van der Waals surface area (Å²) in [6, 6.07) is 4.03. The Morgan fingerprint density at radius 3 is 2.24 bits per heavy atom. The highest BCUT2D eigenvalue weighted by Gasteiger charge is 2.25. The van der Waals surface area contributed by atoms with Crippen molar-refractivity contribution in [2.45, 2.75) is 25.7 Å². The predicted molar refractivity (Wildman–Crippen MR) is 78.1 cm³/mol. The summed E-state index contributed by atoms with van der Waals surface area (Å²) in [6.07, 6.45) is 0.